The lowest BCUT2D eigenvalue weighted by Gasteiger charge is -1.92. The van der Waals surface area contributed by atoms with Crippen LogP contribution in [0, 0.1) is 0 Å². The lowest BCUT2D eigenvalue weighted by Crippen LogP contribution is -1.87. The van der Waals surface area contributed by atoms with Crippen molar-refractivity contribution in [1.82, 2.24) is 9.38 Å². The van der Waals surface area contributed by atoms with Crippen LogP contribution in [0.4, 0.5) is 0 Å². The molecular weight excluding hydrogens is 224 g/mol. The van der Waals surface area contributed by atoms with Crippen LogP contribution in [0.25, 0.3) is 4.96 Å². The van der Waals surface area contributed by atoms with Gasteiger partial charge in [-0.05, 0) is 22.4 Å². The molecule has 0 aliphatic heterocycles. The number of aryl methyl sites for hydroxylation is 1. The van der Waals surface area contributed by atoms with Crippen molar-refractivity contribution >= 4 is 32.2 Å². The Morgan fingerprint density at radius 3 is 3.27 bits per heavy atom. The maximum Gasteiger partial charge on any atom is 0.194 e. The molecule has 0 bridgehead atoms. The lowest BCUT2D eigenvalue weighted by atomic mass is 10.4. The minimum absolute atomic E-state index is 1.05. The number of halogens is 1. The van der Waals surface area contributed by atoms with Crippen molar-refractivity contribution in [1.29, 1.82) is 0 Å². The molecule has 2 rings (SSSR count). The number of hydrogen-bond acceptors (Lipinski definition) is 2. The fraction of sp³-hybridized carbons (Fsp3) is 0.286. The molecule has 2 aromatic heterocycles. The van der Waals surface area contributed by atoms with Gasteiger partial charge in [-0.25, -0.2) is 4.98 Å². The molecule has 0 radical (unpaired) electrons. The van der Waals surface area contributed by atoms with Gasteiger partial charge in [-0.2, -0.15) is 0 Å². The van der Waals surface area contributed by atoms with Crippen molar-refractivity contribution in [2.75, 3.05) is 0 Å². The number of hydrogen-bond donors (Lipinski definition) is 0. The van der Waals surface area contributed by atoms with Crippen LogP contribution in [-0.2, 0) is 6.42 Å². The van der Waals surface area contributed by atoms with Gasteiger partial charge in [0.25, 0.3) is 0 Å². The average molecular weight is 231 g/mol. The summed E-state index contributed by atoms with van der Waals surface area (Å²) in [7, 11) is 0. The molecule has 0 atom stereocenters. The first-order valence-electron chi connectivity index (χ1n) is 3.42. The van der Waals surface area contributed by atoms with Gasteiger partial charge in [-0.3, -0.25) is 4.40 Å². The minimum atomic E-state index is 1.05. The Kier molecular flexibility index (Phi) is 1.73. The molecule has 2 heterocycles. The second-order valence-corrected chi connectivity index (χ2v) is 3.93. The minimum Gasteiger partial charge on any atom is -0.282 e. The van der Waals surface area contributed by atoms with Crippen LogP contribution < -0.4 is 0 Å². The van der Waals surface area contributed by atoms with Gasteiger partial charge in [-0.15, -0.1) is 11.3 Å². The van der Waals surface area contributed by atoms with Crippen LogP contribution >= 0.6 is 27.3 Å². The van der Waals surface area contributed by atoms with Gasteiger partial charge in [-0.1, -0.05) is 6.92 Å². The van der Waals surface area contributed by atoms with Crippen molar-refractivity contribution in [3.63, 3.8) is 0 Å². The summed E-state index contributed by atoms with van der Waals surface area (Å²) in [5.41, 5.74) is 1.31. The van der Waals surface area contributed by atoms with Gasteiger partial charge in [0.2, 0.25) is 0 Å². The number of fused-ring (bicyclic) bond motifs is 1. The SMILES string of the molecule is CCc1csc2ncc(Br)n12. The molecule has 58 valence electrons. The fourth-order valence-electron chi connectivity index (χ4n) is 1.07. The predicted octanol–water partition coefficient (Wildman–Crippen LogP) is 2.72. The third-order valence-corrected chi connectivity index (χ3v) is 3.08. The molecule has 11 heavy (non-hydrogen) atoms. The molecule has 2 nitrogen and oxygen atoms in total. The fourth-order valence-corrected chi connectivity index (χ4v) is 2.64. The first kappa shape index (κ1) is 7.31. The highest BCUT2D eigenvalue weighted by molar-refractivity contribution is 9.10. The molecule has 0 saturated carbocycles. The van der Waals surface area contributed by atoms with Gasteiger partial charge in [0, 0.05) is 11.1 Å². The number of aromatic nitrogens is 2. The first-order chi connectivity index (χ1) is 5.33. The zero-order valence-electron chi connectivity index (χ0n) is 6.04. The van der Waals surface area contributed by atoms with Gasteiger partial charge in [0.1, 0.15) is 4.60 Å². The molecular formula is C7H7BrN2S. The van der Waals surface area contributed by atoms with E-state index in [0.717, 1.165) is 16.0 Å². The second kappa shape index (κ2) is 2.60. The Bertz CT molecular complexity index is 377. The zero-order valence-corrected chi connectivity index (χ0v) is 8.44. The molecule has 0 aliphatic rings. The van der Waals surface area contributed by atoms with Gasteiger partial charge in [0.15, 0.2) is 4.96 Å². The van der Waals surface area contributed by atoms with Crippen LogP contribution in [-0.4, -0.2) is 9.38 Å². The van der Waals surface area contributed by atoms with Crippen LogP contribution in [0.2, 0.25) is 0 Å². The van der Waals surface area contributed by atoms with Crippen LogP contribution in [0.1, 0.15) is 12.6 Å². The Labute approximate surface area is 77.0 Å². The summed E-state index contributed by atoms with van der Waals surface area (Å²) >= 11 is 5.13. The molecule has 0 saturated heterocycles. The highest BCUT2D eigenvalue weighted by Crippen LogP contribution is 2.21. The van der Waals surface area contributed by atoms with E-state index in [4.69, 9.17) is 0 Å². The topological polar surface area (TPSA) is 17.3 Å². The first-order valence-corrected chi connectivity index (χ1v) is 5.09. The molecule has 0 aromatic carbocycles. The third-order valence-electron chi connectivity index (χ3n) is 1.64. The van der Waals surface area contributed by atoms with Crippen LogP contribution in [0.3, 0.4) is 0 Å². The number of imidazole rings is 1. The zero-order chi connectivity index (χ0) is 7.84. The molecule has 4 heteroatoms. The summed E-state index contributed by atoms with van der Waals surface area (Å²) in [4.78, 5) is 5.29. The number of rotatable bonds is 1. The summed E-state index contributed by atoms with van der Waals surface area (Å²) in [6, 6.07) is 0. The number of thiazole rings is 1. The molecule has 0 aliphatic carbocycles. The Hall–Kier alpha value is -0.350. The lowest BCUT2D eigenvalue weighted by molar-refractivity contribution is 0.989. The highest BCUT2D eigenvalue weighted by Gasteiger charge is 2.05. The summed E-state index contributed by atoms with van der Waals surface area (Å²) in [5.74, 6) is 0. The van der Waals surface area contributed by atoms with Crippen molar-refractivity contribution in [2.45, 2.75) is 13.3 Å². The van der Waals surface area contributed by atoms with Gasteiger partial charge in [0.05, 0.1) is 6.20 Å². The van der Waals surface area contributed by atoms with E-state index in [9.17, 15) is 0 Å². The van der Waals surface area contributed by atoms with E-state index >= 15 is 0 Å². The molecule has 0 unspecified atom stereocenters. The van der Waals surface area contributed by atoms with E-state index < -0.39 is 0 Å². The molecule has 0 amide bonds. The predicted molar refractivity (Wildman–Crippen MR) is 50.1 cm³/mol. The van der Waals surface area contributed by atoms with Crippen molar-refractivity contribution in [3.05, 3.63) is 21.9 Å². The van der Waals surface area contributed by atoms with Crippen molar-refractivity contribution in [3.8, 4) is 0 Å². The maximum absolute atomic E-state index is 4.22. The molecule has 0 N–H and O–H groups in total. The van der Waals surface area contributed by atoms with Crippen molar-refractivity contribution in [2.24, 2.45) is 0 Å². The van der Waals surface area contributed by atoms with Crippen LogP contribution in [0.5, 0.6) is 0 Å². The summed E-state index contributed by atoms with van der Waals surface area (Å²) in [6.45, 7) is 2.15. The standard InChI is InChI=1S/C7H7BrN2S/c1-2-5-4-11-7-9-3-6(8)10(5)7/h3-4H,2H2,1H3. The smallest absolute Gasteiger partial charge is 0.194 e. The monoisotopic (exact) mass is 230 g/mol. The quantitative estimate of drug-likeness (QED) is 0.737. The largest absolute Gasteiger partial charge is 0.282 e. The second-order valence-electron chi connectivity index (χ2n) is 2.28. The Balaban J connectivity index is 2.80. The highest BCUT2D eigenvalue weighted by atomic mass is 79.9. The van der Waals surface area contributed by atoms with E-state index in [0.29, 0.717) is 0 Å². The molecule has 0 spiro atoms. The van der Waals surface area contributed by atoms with Crippen LogP contribution in [0.15, 0.2) is 16.2 Å². The van der Waals surface area contributed by atoms with E-state index in [1.54, 1.807) is 11.3 Å². The normalized spacial score (nSPS) is 11.1. The van der Waals surface area contributed by atoms with E-state index in [1.807, 2.05) is 6.20 Å². The molecule has 0 fully saturated rings. The Morgan fingerprint density at radius 2 is 2.55 bits per heavy atom. The van der Waals surface area contributed by atoms with E-state index in [1.165, 1.54) is 5.69 Å². The summed E-state index contributed by atoms with van der Waals surface area (Å²) in [5, 5.41) is 2.15. The van der Waals surface area contributed by atoms with E-state index in [2.05, 4.69) is 37.6 Å². The molecule has 2 aromatic rings. The number of nitrogens with zero attached hydrogens (tertiary/aromatic N) is 2. The van der Waals surface area contributed by atoms with Gasteiger partial charge >= 0.3 is 0 Å². The van der Waals surface area contributed by atoms with Gasteiger partial charge < -0.3 is 0 Å². The van der Waals surface area contributed by atoms with Crippen molar-refractivity contribution < 1.29 is 0 Å². The maximum atomic E-state index is 4.22. The third kappa shape index (κ3) is 1.01. The average Bonchev–Trinajstić information content (AvgIpc) is 2.54. The summed E-state index contributed by atoms with van der Waals surface area (Å²) < 4.78 is 3.18. The summed E-state index contributed by atoms with van der Waals surface area (Å²) in [6.07, 6.45) is 2.89. The Morgan fingerprint density at radius 1 is 1.73 bits per heavy atom. The van der Waals surface area contributed by atoms with E-state index in [-0.39, 0.29) is 0 Å².